The Balaban J connectivity index is 2.07. The third-order valence-corrected chi connectivity index (χ3v) is 3.45. The molecule has 15 heavy (non-hydrogen) atoms. The van der Waals surface area contributed by atoms with Crippen LogP contribution >= 0.6 is 11.8 Å². The fourth-order valence-electron chi connectivity index (χ4n) is 1.31. The van der Waals surface area contributed by atoms with Gasteiger partial charge in [0.2, 0.25) is 0 Å². The molecule has 0 bridgehead atoms. The molecule has 0 radical (unpaired) electrons. The molecule has 4 heteroatoms. The van der Waals surface area contributed by atoms with E-state index in [9.17, 15) is 0 Å². The first kappa shape index (κ1) is 10.5. The summed E-state index contributed by atoms with van der Waals surface area (Å²) in [7, 11) is 0. The maximum Gasteiger partial charge on any atom is 0.161 e. The van der Waals surface area contributed by atoms with Crippen molar-refractivity contribution in [2.24, 2.45) is 4.99 Å². The van der Waals surface area contributed by atoms with Crippen molar-refractivity contribution in [2.75, 3.05) is 11.1 Å². The lowest BCUT2D eigenvalue weighted by Crippen LogP contribution is -2.15. The fourth-order valence-corrected chi connectivity index (χ4v) is 2.37. The van der Waals surface area contributed by atoms with Crippen molar-refractivity contribution >= 4 is 22.6 Å². The number of hydrogen-bond acceptors (Lipinski definition) is 4. The second-order valence-electron chi connectivity index (χ2n) is 4.33. The summed E-state index contributed by atoms with van der Waals surface area (Å²) in [6.45, 7) is 6.26. The Morgan fingerprint density at radius 3 is 2.73 bits per heavy atom. The van der Waals surface area contributed by atoms with Gasteiger partial charge in [0.25, 0.3) is 0 Å². The Kier molecular flexibility index (Phi) is 2.69. The van der Waals surface area contributed by atoms with Crippen molar-refractivity contribution < 1.29 is 0 Å². The quantitative estimate of drug-likeness (QED) is 0.792. The zero-order valence-electron chi connectivity index (χ0n) is 9.24. The molecule has 1 aromatic rings. The molecule has 3 nitrogen and oxygen atoms in total. The molecule has 2 heterocycles. The molecule has 2 rings (SSSR count). The number of amidine groups is 1. The molecule has 1 N–H and O–H groups in total. The van der Waals surface area contributed by atoms with E-state index >= 15 is 0 Å². The van der Waals surface area contributed by atoms with E-state index in [0.29, 0.717) is 0 Å². The maximum absolute atomic E-state index is 4.58. The molecule has 80 valence electrons. The highest BCUT2D eigenvalue weighted by Crippen LogP contribution is 2.27. The Bertz CT molecular complexity index is 381. The number of nitrogens with zero attached hydrogens (tertiary/aromatic N) is 2. The van der Waals surface area contributed by atoms with Crippen LogP contribution in [0.15, 0.2) is 23.3 Å². The molecule has 0 fully saturated rings. The molecule has 0 spiro atoms. The molecular weight excluding hydrogens is 206 g/mol. The molecule has 0 saturated heterocycles. The minimum atomic E-state index is 0.0606. The van der Waals surface area contributed by atoms with Gasteiger partial charge in [-0.15, -0.1) is 0 Å². The fraction of sp³-hybridized carbons (Fsp3) is 0.455. The van der Waals surface area contributed by atoms with Gasteiger partial charge in [0.15, 0.2) is 5.17 Å². The van der Waals surface area contributed by atoms with Crippen LogP contribution in [-0.4, -0.2) is 21.4 Å². The number of thioether (sulfide) groups is 1. The summed E-state index contributed by atoms with van der Waals surface area (Å²) in [4.78, 5) is 8.81. The lowest BCUT2D eigenvalue weighted by molar-refractivity contribution is 0.605. The van der Waals surface area contributed by atoms with Crippen LogP contribution in [0.25, 0.3) is 0 Å². The predicted molar refractivity (Wildman–Crippen MR) is 66.6 cm³/mol. The first-order valence-corrected chi connectivity index (χ1v) is 5.96. The summed E-state index contributed by atoms with van der Waals surface area (Å²) in [5, 5.41) is 4.27. The maximum atomic E-state index is 4.58. The number of rotatable bonds is 1. The Morgan fingerprint density at radius 2 is 2.20 bits per heavy atom. The Labute approximate surface area is 94.4 Å². The van der Waals surface area contributed by atoms with Crippen LogP contribution in [0.2, 0.25) is 0 Å². The Morgan fingerprint density at radius 1 is 1.40 bits per heavy atom. The third kappa shape index (κ3) is 2.72. The summed E-state index contributed by atoms with van der Waals surface area (Å²) in [6, 6.07) is 4.02. The van der Waals surface area contributed by atoms with Crippen LogP contribution in [0.3, 0.4) is 0 Å². The van der Waals surface area contributed by atoms with Crippen LogP contribution in [-0.2, 0) is 0 Å². The smallest absolute Gasteiger partial charge is 0.161 e. The lowest BCUT2D eigenvalue weighted by atomic mass is 10.1. The van der Waals surface area contributed by atoms with Gasteiger partial charge in [-0.3, -0.25) is 9.98 Å². The average Bonchev–Trinajstić information content (AvgIpc) is 2.50. The van der Waals surface area contributed by atoms with E-state index in [0.717, 1.165) is 22.3 Å². The van der Waals surface area contributed by atoms with Gasteiger partial charge in [-0.2, -0.15) is 0 Å². The number of anilines is 1. The van der Waals surface area contributed by atoms with Crippen LogP contribution in [0.4, 0.5) is 5.69 Å². The molecule has 0 amide bonds. The molecule has 0 saturated carbocycles. The van der Waals surface area contributed by atoms with Crippen LogP contribution in [0.5, 0.6) is 0 Å². The van der Waals surface area contributed by atoms with Crippen molar-refractivity contribution in [3.8, 4) is 0 Å². The molecule has 1 aliphatic rings. The second kappa shape index (κ2) is 3.85. The molecule has 0 unspecified atom stereocenters. The highest BCUT2D eigenvalue weighted by atomic mass is 32.2. The zero-order valence-corrected chi connectivity index (χ0v) is 10.1. The largest absolute Gasteiger partial charge is 0.334 e. The zero-order chi connectivity index (χ0) is 10.9. The highest BCUT2D eigenvalue weighted by Gasteiger charge is 2.25. The van der Waals surface area contributed by atoms with Gasteiger partial charge >= 0.3 is 0 Å². The minimum Gasteiger partial charge on any atom is -0.334 e. The summed E-state index contributed by atoms with van der Waals surface area (Å²) >= 11 is 1.76. The summed E-state index contributed by atoms with van der Waals surface area (Å²) in [5.74, 6) is 1.04. The normalized spacial score (nSPS) is 18.7. The number of hydrogen-bond donors (Lipinski definition) is 1. The number of pyridine rings is 1. The first-order chi connectivity index (χ1) is 7.05. The first-order valence-electron chi connectivity index (χ1n) is 4.97. The number of nitrogens with one attached hydrogen (secondary N) is 1. The van der Waals surface area contributed by atoms with Gasteiger partial charge in [0, 0.05) is 11.4 Å². The lowest BCUT2D eigenvalue weighted by Gasteiger charge is -2.09. The van der Waals surface area contributed by atoms with Gasteiger partial charge in [-0.1, -0.05) is 11.8 Å². The van der Waals surface area contributed by atoms with Crippen molar-refractivity contribution in [3.63, 3.8) is 0 Å². The van der Waals surface area contributed by atoms with Gasteiger partial charge in [-0.05, 0) is 32.9 Å². The molecule has 0 aliphatic carbocycles. The molecular formula is C11H15N3S. The number of aliphatic imine (C=N–C) groups is 1. The van der Waals surface area contributed by atoms with Crippen molar-refractivity contribution in [1.82, 2.24) is 4.98 Å². The van der Waals surface area contributed by atoms with Gasteiger partial charge in [-0.25, -0.2) is 0 Å². The van der Waals surface area contributed by atoms with E-state index in [2.05, 4.69) is 29.1 Å². The highest BCUT2D eigenvalue weighted by molar-refractivity contribution is 8.14. The van der Waals surface area contributed by atoms with Crippen molar-refractivity contribution in [2.45, 2.75) is 26.3 Å². The number of aryl methyl sites for hydroxylation is 1. The SMILES string of the molecule is Cc1ccc(NC2=NC(C)(C)CS2)cn1. The predicted octanol–water partition coefficient (Wildman–Crippen LogP) is 2.68. The van der Waals surface area contributed by atoms with Gasteiger partial charge in [0.05, 0.1) is 17.4 Å². The van der Waals surface area contributed by atoms with Crippen molar-refractivity contribution in [3.05, 3.63) is 24.0 Å². The standard InChI is InChI=1S/C11H15N3S/c1-8-4-5-9(6-12-8)13-10-14-11(2,3)7-15-10/h4-6H,7H2,1-3H3,(H,13,14). The van der Waals surface area contributed by atoms with E-state index in [-0.39, 0.29) is 5.54 Å². The topological polar surface area (TPSA) is 37.3 Å². The third-order valence-electron chi connectivity index (χ3n) is 2.13. The molecule has 1 aromatic heterocycles. The van der Waals surface area contributed by atoms with Gasteiger partial charge in [0.1, 0.15) is 0 Å². The van der Waals surface area contributed by atoms with E-state index in [1.54, 1.807) is 11.8 Å². The Hall–Kier alpha value is -1.03. The second-order valence-corrected chi connectivity index (χ2v) is 5.30. The molecule has 0 aromatic carbocycles. The van der Waals surface area contributed by atoms with Gasteiger partial charge < -0.3 is 5.32 Å². The summed E-state index contributed by atoms with van der Waals surface area (Å²) in [6.07, 6.45) is 1.84. The van der Waals surface area contributed by atoms with E-state index in [1.807, 2.05) is 25.3 Å². The number of aromatic nitrogens is 1. The average molecular weight is 221 g/mol. The van der Waals surface area contributed by atoms with E-state index in [1.165, 1.54) is 0 Å². The summed E-state index contributed by atoms with van der Waals surface area (Å²) < 4.78 is 0. The van der Waals surface area contributed by atoms with E-state index in [4.69, 9.17) is 0 Å². The van der Waals surface area contributed by atoms with E-state index < -0.39 is 0 Å². The van der Waals surface area contributed by atoms with Crippen LogP contribution in [0, 0.1) is 6.92 Å². The monoisotopic (exact) mass is 221 g/mol. The molecule has 1 aliphatic heterocycles. The van der Waals surface area contributed by atoms with Crippen LogP contribution in [0.1, 0.15) is 19.5 Å². The minimum absolute atomic E-state index is 0.0606. The summed E-state index contributed by atoms with van der Waals surface area (Å²) in [5.41, 5.74) is 2.09. The van der Waals surface area contributed by atoms with Crippen LogP contribution < -0.4 is 5.32 Å². The van der Waals surface area contributed by atoms with Crippen molar-refractivity contribution in [1.29, 1.82) is 0 Å². The molecule has 0 atom stereocenters.